The highest BCUT2D eigenvalue weighted by Crippen LogP contribution is 2.31. The molecule has 0 radical (unpaired) electrons. The van der Waals surface area contributed by atoms with Crippen molar-refractivity contribution in [3.8, 4) is 5.75 Å². The van der Waals surface area contributed by atoms with Crippen molar-refractivity contribution in [2.24, 2.45) is 0 Å². The summed E-state index contributed by atoms with van der Waals surface area (Å²) in [6, 6.07) is 15.2. The van der Waals surface area contributed by atoms with E-state index in [1.54, 1.807) is 61.6 Å². The summed E-state index contributed by atoms with van der Waals surface area (Å²) >= 11 is 12.0. The normalized spacial score (nSPS) is 10.4. The smallest absolute Gasteiger partial charge is 0.264 e. The molecule has 1 N–H and O–H groups in total. The Kier molecular flexibility index (Phi) is 6.80. The maximum Gasteiger partial charge on any atom is 0.264 e. The topological polar surface area (TPSA) is 71.8 Å². The molecular formula is C21H18Cl2N2O4. The Bertz CT molecular complexity index is 1010. The summed E-state index contributed by atoms with van der Waals surface area (Å²) in [5.74, 6) is 0.264. The van der Waals surface area contributed by atoms with Crippen molar-refractivity contribution in [2.75, 3.05) is 18.6 Å². The summed E-state index contributed by atoms with van der Waals surface area (Å²) in [7, 11) is 1.57. The van der Waals surface area contributed by atoms with Crippen LogP contribution in [0.25, 0.3) is 0 Å². The zero-order valence-corrected chi connectivity index (χ0v) is 17.0. The Hall–Kier alpha value is -2.96. The Morgan fingerprint density at radius 1 is 1.07 bits per heavy atom. The van der Waals surface area contributed by atoms with Gasteiger partial charge in [-0.1, -0.05) is 41.4 Å². The molecule has 29 heavy (non-hydrogen) atoms. The number of ether oxygens (including phenoxy) is 1. The largest absolute Gasteiger partial charge is 0.482 e. The van der Waals surface area contributed by atoms with E-state index in [4.69, 9.17) is 32.4 Å². The third-order valence-corrected chi connectivity index (χ3v) is 4.96. The van der Waals surface area contributed by atoms with E-state index in [0.29, 0.717) is 27.8 Å². The van der Waals surface area contributed by atoms with Crippen molar-refractivity contribution >= 4 is 40.7 Å². The lowest BCUT2D eigenvalue weighted by molar-refractivity contribution is -0.120. The van der Waals surface area contributed by atoms with Gasteiger partial charge in [0.15, 0.2) is 6.61 Å². The first-order chi connectivity index (χ1) is 14.0. The van der Waals surface area contributed by atoms with Crippen LogP contribution in [0.1, 0.15) is 16.1 Å². The second kappa shape index (κ2) is 9.49. The fraction of sp³-hybridized carbons (Fsp3) is 0.143. The third-order valence-electron chi connectivity index (χ3n) is 4.15. The summed E-state index contributed by atoms with van der Waals surface area (Å²) in [6.07, 6.45) is 1.54. The van der Waals surface area contributed by atoms with Gasteiger partial charge in [0, 0.05) is 7.05 Å². The van der Waals surface area contributed by atoms with E-state index in [1.165, 1.54) is 11.2 Å². The van der Waals surface area contributed by atoms with Gasteiger partial charge < -0.3 is 19.4 Å². The number of nitrogens with zero attached hydrogens (tertiary/aromatic N) is 1. The number of halogens is 2. The van der Waals surface area contributed by atoms with Crippen LogP contribution in [0.3, 0.4) is 0 Å². The predicted molar refractivity (Wildman–Crippen MR) is 112 cm³/mol. The molecule has 3 rings (SSSR count). The van der Waals surface area contributed by atoms with Gasteiger partial charge in [0.05, 0.1) is 29.1 Å². The molecule has 1 aromatic heterocycles. The number of carbonyl (C=O) groups excluding carboxylic acids is 2. The lowest BCUT2D eigenvalue weighted by atomic mass is 10.1. The summed E-state index contributed by atoms with van der Waals surface area (Å²) in [5.41, 5.74) is 0.811. The number of furan rings is 1. The molecule has 0 aliphatic carbocycles. The Balaban J connectivity index is 1.68. The van der Waals surface area contributed by atoms with Gasteiger partial charge in [-0.05, 0) is 36.4 Å². The fourth-order valence-corrected chi connectivity index (χ4v) is 2.95. The maximum atomic E-state index is 12.6. The molecular weight excluding hydrogens is 415 g/mol. The predicted octanol–water partition coefficient (Wildman–Crippen LogP) is 4.56. The summed E-state index contributed by atoms with van der Waals surface area (Å²) in [4.78, 5) is 26.6. The Morgan fingerprint density at radius 2 is 1.86 bits per heavy atom. The molecule has 0 atom stereocenters. The van der Waals surface area contributed by atoms with Crippen molar-refractivity contribution in [1.82, 2.24) is 5.32 Å². The number of anilines is 1. The molecule has 2 amide bonds. The number of likely N-dealkylation sites (N-methyl/N-ethyl adjacent to an activating group) is 1. The lowest BCUT2D eigenvalue weighted by Crippen LogP contribution is -2.33. The zero-order valence-electron chi connectivity index (χ0n) is 15.5. The van der Waals surface area contributed by atoms with Crippen LogP contribution < -0.4 is 15.0 Å². The van der Waals surface area contributed by atoms with Crippen LogP contribution >= 0.6 is 23.2 Å². The summed E-state index contributed by atoms with van der Waals surface area (Å²) in [6.45, 7) is -0.0207. The zero-order chi connectivity index (χ0) is 20.8. The Labute approximate surface area is 178 Å². The van der Waals surface area contributed by atoms with Gasteiger partial charge in [-0.2, -0.15) is 0 Å². The van der Waals surface area contributed by atoms with Gasteiger partial charge in [-0.25, -0.2) is 0 Å². The first-order valence-corrected chi connectivity index (χ1v) is 9.46. The van der Waals surface area contributed by atoms with Gasteiger partial charge in [0.1, 0.15) is 16.5 Å². The SMILES string of the molecule is CN(C(=O)COc1cccc(Cl)c1Cl)c1ccccc1C(=O)NCc1ccco1. The van der Waals surface area contributed by atoms with Gasteiger partial charge in [-0.15, -0.1) is 0 Å². The first kappa shape index (κ1) is 20.8. The molecule has 2 aromatic carbocycles. The average Bonchev–Trinajstić information content (AvgIpc) is 3.26. The van der Waals surface area contributed by atoms with Gasteiger partial charge in [0.2, 0.25) is 0 Å². The van der Waals surface area contributed by atoms with Crippen LogP contribution in [0.4, 0.5) is 5.69 Å². The molecule has 6 nitrogen and oxygen atoms in total. The van der Waals surface area contributed by atoms with Crippen molar-refractivity contribution in [1.29, 1.82) is 0 Å². The van der Waals surface area contributed by atoms with E-state index >= 15 is 0 Å². The highest BCUT2D eigenvalue weighted by atomic mass is 35.5. The highest BCUT2D eigenvalue weighted by Gasteiger charge is 2.19. The number of para-hydroxylation sites is 1. The first-order valence-electron chi connectivity index (χ1n) is 8.70. The van der Waals surface area contributed by atoms with E-state index in [9.17, 15) is 9.59 Å². The standard InChI is InChI=1S/C21H18Cl2N2O4/c1-25(19(26)13-29-18-10-4-8-16(22)20(18)23)17-9-3-2-7-15(17)21(27)24-12-14-6-5-11-28-14/h2-11H,12-13H2,1H3,(H,24,27). The quantitative estimate of drug-likeness (QED) is 0.593. The molecule has 0 spiro atoms. The van der Waals surface area contributed by atoms with Crippen molar-refractivity contribution in [2.45, 2.75) is 6.54 Å². The lowest BCUT2D eigenvalue weighted by Gasteiger charge is -2.20. The molecule has 0 fully saturated rings. The number of rotatable bonds is 7. The minimum Gasteiger partial charge on any atom is -0.482 e. The molecule has 1 heterocycles. The third kappa shape index (κ3) is 5.10. The van der Waals surface area contributed by atoms with Crippen LogP contribution in [0.2, 0.25) is 10.0 Å². The molecule has 0 unspecified atom stereocenters. The van der Waals surface area contributed by atoms with E-state index in [1.807, 2.05) is 0 Å². The van der Waals surface area contributed by atoms with E-state index in [0.717, 1.165) is 0 Å². The Morgan fingerprint density at radius 3 is 2.62 bits per heavy atom. The van der Waals surface area contributed by atoms with Crippen LogP contribution in [0.5, 0.6) is 5.75 Å². The molecule has 0 aliphatic rings. The number of carbonyl (C=O) groups is 2. The van der Waals surface area contributed by atoms with E-state index in [2.05, 4.69) is 5.32 Å². The number of nitrogens with one attached hydrogen (secondary N) is 1. The molecule has 150 valence electrons. The molecule has 0 saturated carbocycles. The van der Waals surface area contributed by atoms with Gasteiger partial charge in [-0.3, -0.25) is 9.59 Å². The molecule has 0 aliphatic heterocycles. The van der Waals surface area contributed by atoms with Gasteiger partial charge in [0.25, 0.3) is 11.8 Å². The van der Waals surface area contributed by atoms with E-state index < -0.39 is 0 Å². The average molecular weight is 433 g/mol. The number of hydrogen-bond donors (Lipinski definition) is 1. The second-order valence-electron chi connectivity index (χ2n) is 6.07. The monoisotopic (exact) mass is 432 g/mol. The molecule has 8 heteroatoms. The van der Waals surface area contributed by atoms with Crippen LogP contribution in [-0.2, 0) is 11.3 Å². The van der Waals surface area contributed by atoms with Gasteiger partial charge >= 0.3 is 0 Å². The van der Waals surface area contributed by atoms with E-state index in [-0.39, 0.29) is 30.0 Å². The summed E-state index contributed by atoms with van der Waals surface area (Å²) < 4.78 is 10.7. The van der Waals surface area contributed by atoms with Crippen molar-refractivity contribution in [3.63, 3.8) is 0 Å². The molecule has 3 aromatic rings. The second-order valence-corrected chi connectivity index (χ2v) is 6.86. The molecule has 0 bridgehead atoms. The molecule has 0 saturated heterocycles. The summed E-state index contributed by atoms with van der Waals surface area (Å²) in [5, 5.41) is 3.35. The van der Waals surface area contributed by atoms with Crippen LogP contribution in [0, 0.1) is 0 Å². The van der Waals surface area contributed by atoms with Crippen molar-refractivity contribution < 1.29 is 18.7 Å². The number of hydrogen-bond acceptors (Lipinski definition) is 4. The highest BCUT2D eigenvalue weighted by molar-refractivity contribution is 6.42. The van der Waals surface area contributed by atoms with Crippen LogP contribution in [-0.4, -0.2) is 25.5 Å². The minimum atomic E-state index is -0.354. The fourth-order valence-electron chi connectivity index (χ4n) is 2.60. The minimum absolute atomic E-state index is 0.238. The van der Waals surface area contributed by atoms with Crippen molar-refractivity contribution in [3.05, 3.63) is 82.2 Å². The maximum absolute atomic E-state index is 12.6. The number of benzene rings is 2. The van der Waals surface area contributed by atoms with Crippen LogP contribution in [0.15, 0.2) is 65.3 Å². The number of amides is 2.